The molecule has 1 aromatic rings. The van der Waals surface area contributed by atoms with Crippen LogP contribution in [0.3, 0.4) is 0 Å². The SMILES string of the molecule is CCCCC(=O)N1CCN(c2ccc(N3CCN(CC)CC3)nn2)CC1. The van der Waals surface area contributed by atoms with E-state index in [4.69, 9.17) is 0 Å². The number of hydrogen-bond donors (Lipinski definition) is 0. The number of piperazine rings is 2. The minimum absolute atomic E-state index is 0.291. The molecule has 7 heteroatoms. The number of carbonyl (C=O) groups excluding carboxylic acids is 1. The zero-order chi connectivity index (χ0) is 18.4. The molecule has 2 aliphatic rings. The molecule has 0 radical (unpaired) electrons. The molecule has 0 spiro atoms. The van der Waals surface area contributed by atoms with Crippen LogP contribution in [0, 0.1) is 0 Å². The number of aromatic nitrogens is 2. The fraction of sp³-hybridized carbons (Fsp3) is 0.737. The molecule has 1 aromatic heterocycles. The fourth-order valence-corrected chi connectivity index (χ4v) is 3.62. The van der Waals surface area contributed by atoms with Gasteiger partial charge in [-0.05, 0) is 25.1 Å². The molecule has 3 heterocycles. The maximum Gasteiger partial charge on any atom is 0.222 e. The average molecular weight is 361 g/mol. The van der Waals surface area contributed by atoms with Crippen molar-refractivity contribution in [2.45, 2.75) is 33.1 Å². The van der Waals surface area contributed by atoms with Crippen molar-refractivity contribution < 1.29 is 4.79 Å². The van der Waals surface area contributed by atoms with Gasteiger partial charge in [0.2, 0.25) is 5.91 Å². The van der Waals surface area contributed by atoms with Crippen LogP contribution in [0.1, 0.15) is 33.1 Å². The second kappa shape index (κ2) is 9.16. The number of rotatable bonds is 6. The molecule has 2 aliphatic heterocycles. The highest BCUT2D eigenvalue weighted by Crippen LogP contribution is 2.18. The third kappa shape index (κ3) is 4.63. The van der Waals surface area contributed by atoms with Crippen molar-refractivity contribution in [2.24, 2.45) is 0 Å². The Morgan fingerprint density at radius 1 is 0.885 bits per heavy atom. The summed E-state index contributed by atoms with van der Waals surface area (Å²) in [6.45, 7) is 12.9. The molecular weight excluding hydrogens is 328 g/mol. The van der Waals surface area contributed by atoms with Crippen molar-refractivity contribution >= 4 is 17.5 Å². The van der Waals surface area contributed by atoms with E-state index >= 15 is 0 Å². The summed E-state index contributed by atoms with van der Waals surface area (Å²) in [6, 6.07) is 4.16. The lowest BCUT2D eigenvalue weighted by Crippen LogP contribution is -2.49. The first-order valence-electron chi connectivity index (χ1n) is 10.0. The third-order valence-corrected chi connectivity index (χ3v) is 5.48. The summed E-state index contributed by atoms with van der Waals surface area (Å²) in [5.74, 6) is 2.18. The third-order valence-electron chi connectivity index (χ3n) is 5.48. The van der Waals surface area contributed by atoms with Crippen LogP contribution in [0.2, 0.25) is 0 Å². The Morgan fingerprint density at radius 2 is 1.42 bits per heavy atom. The number of anilines is 2. The van der Waals surface area contributed by atoms with E-state index in [1.165, 1.54) is 0 Å². The van der Waals surface area contributed by atoms with E-state index in [0.29, 0.717) is 12.3 Å². The molecule has 1 amide bonds. The Bertz CT molecular complexity index is 562. The van der Waals surface area contributed by atoms with Crippen LogP contribution in [0.5, 0.6) is 0 Å². The van der Waals surface area contributed by atoms with Gasteiger partial charge in [0, 0.05) is 58.8 Å². The van der Waals surface area contributed by atoms with Gasteiger partial charge in [0.25, 0.3) is 0 Å². The van der Waals surface area contributed by atoms with E-state index in [1.807, 2.05) is 4.90 Å². The van der Waals surface area contributed by atoms with E-state index in [2.05, 4.69) is 50.9 Å². The Kier molecular flexibility index (Phi) is 6.66. The van der Waals surface area contributed by atoms with Gasteiger partial charge in [-0.1, -0.05) is 20.3 Å². The van der Waals surface area contributed by atoms with Gasteiger partial charge in [-0.15, -0.1) is 10.2 Å². The molecule has 26 heavy (non-hydrogen) atoms. The lowest BCUT2D eigenvalue weighted by Gasteiger charge is -2.36. The first-order valence-corrected chi connectivity index (χ1v) is 10.0. The van der Waals surface area contributed by atoms with Crippen LogP contribution in [0.15, 0.2) is 12.1 Å². The lowest BCUT2D eigenvalue weighted by atomic mass is 10.2. The quantitative estimate of drug-likeness (QED) is 0.766. The van der Waals surface area contributed by atoms with Crippen molar-refractivity contribution in [3.8, 4) is 0 Å². The van der Waals surface area contributed by atoms with Gasteiger partial charge in [-0.25, -0.2) is 0 Å². The first-order chi connectivity index (χ1) is 12.7. The number of carbonyl (C=O) groups is 1. The van der Waals surface area contributed by atoms with Crippen LogP contribution in [-0.2, 0) is 4.79 Å². The van der Waals surface area contributed by atoms with Gasteiger partial charge in [-0.2, -0.15) is 0 Å². The van der Waals surface area contributed by atoms with E-state index in [9.17, 15) is 4.79 Å². The second-order valence-electron chi connectivity index (χ2n) is 7.14. The molecule has 0 aromatic carbocycles. The highest BCUT2D eigenvalue weighted by Gasteiger charge is 2.22. The largest absolute Gasteiger partial charge is 0.353 e. The standard InChI is InChI=1S/C19H32N6O/c1-3-5-6-19(26)25-15-13-24(14-16-25)18-8-7-17(20-21-18)23-11-9-22(4-2)10-12-23/h7-8H,3-6,9-16H2,1-2H3. The van der Waals surface area contributed by atoms with Crippen LogP contribution < -0.4 is 9.80 Å². The summed E-state index contributed by atoms with van der Waals surface area (Å²) in [4.78, 5) is 21.1. The molecule has 7 nitrogen and oxygen atoms in total. The van der Waals surface area contributed by atoms with Gasteiger partial charge >= 0.3 is 0 Å². The average Bonchev–Trinajstić information content (AvgIpc) is 2.72. The normalized spacial score (nSPS) is 19.1. The van der Waals surface area contributed by atoms with E-state index in [0.717, 1.165) is 83.4 Å². The first kappa shape index (κ1) is 18.9. The van der Waals surface area contributed by atoms with E-state index in [1.54, 1.807) is 0 Å². The molecule has 0 unspecified atom stereocenters. The maximum absolute atomic E-state index is 12.1. The molecular formula is C19H32N6O. The van der Waals surface area contributed by atoms with Gasteiger partial charge in [-0.3, -0.25) is 4.79 Å². The second-order valence-corrected chi connectivity index (χ2v) is 7.14. The number of hydrogen-bond acceptors (Lipinski definition) is 6. The topological polar surface area (TPSA) is 55.8 Å². The summed E-state index contributed by atoms with van der Waals surface area (Å²) in [6.07, 6.45) is 2.73. The smallest absolute Gasteiger partial charge is 0.222 e. The molecule has 3 rings (SSSR count). The van der Waals surface area contributed by atoms with Crippen molar-refractivity contribution in [3.05, 3.63) is 12.1 Å². The molecule has 0 atom stereocenters. The predicted octanol–water partition coefficient (Wildman–Crippen LogP) is 1.46. The lowest BCUT2D eigenvalue weighted by molar-refractivity contribution is -0.131. The van der Waals surface area contributed by atoms with Crippen LogP contribution in [-0.4, -0.2) is 84.8 Å². The summed E-state index contributed by atoms with van der Waals surface area (Å²) >= 11 is 0. The van der Waals surface area contributed by atoms with Crippen LogP contribution in [0.4, 0.5) is 11.6 Å². The molecule has 144 valence electrons. The highest BCUT2D eigenvalue weighted by molar-refractivity contribution is 5.76. The number of nitrogens with zero attached hydrogens (tertiary/aromatic N) is 6. The molecule has 2 saturated heterocycles. The fourth-order valence-electron chi connectivity index (χ4n) is 3.62. The molecule has 0 saturated carbocycles. The summed E-state index contributed by atoms with van der Waals surface area (Å²) in [5, 5.41) is 8.91. The van der Waals surface area contributed by atoms with Crippen molar-refractivity contribution in [2.75, 3.05) is 68.7 Å². The van der Waals surface area contributed by atoms with Gasteiger partial charge in [0.15, 0.2) is 11.6 Å². The molecule has 2 fully saturated rings. The number of amides is 1. The van der Waals surface area contributed by atoms with Crippen LogP contribution >= 0.6 is 0 Å². The van der Waals surface area contributed by atoms with E-state index in [-0.39, 0.29) is 0 Å². The summed E-state index contributed by atoms with van der Waals surface area (Å²) in [5.41, 5.74) is 0. The molecule has 0 bridgehead atoms. The monoisotopic (exact) mass is 360 g/mol. The zero-order valence-corrected chi connectivity index (χ0v) is 16.2. The van der Waals surface area contributed by atoms with Crippen molar-refractivity contribution in [3.63, 3.8) is 0 Å². The highest BCUT2D eigenvalue weighted by atomic mass is 16.2. The van der Waals surface area contributed by atoms with Crippen molar-refractivity contribution in [1.29, 1.82) is 0 Å². The Hall–Kier alpha value is -1.89. The molecule has 0 N–H and O–H groups in total. The Labute approximate surface area is 157 Å². The minimum atomic E-state index is 0.291. The van der Waals surface area contributed by atoms with Crippen LogP contribution in [0.25, 0.3) is 0 Å². The zero-order valence-electron chi connectivity index (χ0n) is 16.2. The summed E-state index contributed by atoms with van der Waals surface area (Å²) in [7, 11) is 0. The number of likely N-dealkylation sites (N-methyl/N-ethyl adjacent to an activating group) is 1. The van der Waals surface area contributed by atoms with Gasteiger partial charge in [0.05, 0.1) is 0 Å². The Morgan fingerprint density at radius 3 is 1.88 bits per heavy atom. The van der Waals surface area contributed by atoms with E-state index < -0.39 is 0 Å². The van der Waals surface area contributed by atoms with Crippen molar-refractivity contribution in [1.82, 2.24) is 20.0 Å². The van der Waals surface area contributed by atoms with Gasteiger partial charge in [0.1, 0.15) is 0 Å². The summed E-state index contributed by atoms with van der Waals surface area (Å²) < 4.78 is 0. The maximum atomic E-state index is 12.1. The Balaban J connectivity index is 1.50. The number of unbranched alkanes of at least 4 members (excludes halogenated alkanes) is 1. The van der Waals surface area contributed by atoms with Gasteiger partial charge < -0.3 is 19.6 Å². The molecule has 0 aliphatic carbocycles. The predicted molar refractivity (Wildman–Crippen MR) is 105 cm³/mol. The minimum Gasteiger partial charge on any atom is -0.353 e.